The van der Waals surface area contributed by atoms with Crippen LogP contribution in [0.15, 0.2) is 70.1 Å². The van der Waals surface area contributed by atoms with Crippen molar-refractivity contribution in [2.75, 3.05) is 37.6 Å². The van der Waals surface area contributed by atoms with Crippen LogP contribution in [-0.2, 0) is 45.6 Å². The SMILES string of the molecule is CCCc1nc2cc(CN3CCOCC3)ccc2n1Cc1ccc(-c2ccccc2S(=O)(=O)Nc2noc(C)c2C)c(COCC)c1. The first kappa shape index (κ1) is 32.9. The molecule has 6 rings (SSSR count). The highest BCUT2D eigenvalue weighted by Gasteiger charge is 2.24. The molecule has 0 amide bonds. The van der Waals surface area contributed by atoms with E-state index in [2.05, 4.69) is 56.6 Å². The smallest absolute Gasteiger partial charge is 0.263 e. The molecule has 2 aromatic heterocycles. The molecule has 0 radical (unpaired) electrons. The third kappa shape index (κ3) is 7.28. The highest BCUT2D eigenvalue weighted by atomic mass is 32.2. The lowest BCUT2D eigenvalue weighted by atomic mass is 9.97. The second-order valence-corrected chi connectivity index (χ2v) is 13.7. The van der Waals surface area contributed by atoms with Crippen molar-refractivity contribution < 1.29 is 22.4 Å². The van der Waals surface area contributed by atoms with Crippen LogP contribution in [0.5, 0.6) is 0 Å². The van der Waals surface area contributed by atoms with Crippen LogP contribution in [0, 0.1) is 13.8 Å². The Kier molecular flexibility index (Phi) is 10.1. The molecule has 0 bridgehead atoms. The number of morpholine rings is 1. The predicted octanol–water partition coefficient (Wildman–Crippen LogP) is 6.48. The largest absolute Gasteiger partial charge is 0.379 e. The summed E-state index contributed by atoms with van der Waals surface area (Å²) >= 11 is 0. The standard InChI is InChI=1S/C36H43N5O5S/c1-5-9-35-37-32-21-28(22-40-16-18-45-19-17-40)13-15-33(32)41(35)23-27-12-14-30(29(20-27)24-44-6-2)31-10-7-8-11-34(31)47(42,43)39-36-25(3)26(4)46-38-36/h7-8,10-15,20-21H,5-6,9,16-19,22-24H2,1-4H3,(H,38,39). The summed E-state index contributed by atoms with van der Waals surface area (Å²) in [6, 6.07) is 19.8. The number of sulfonamides is 1. The first-order chi connectivity index (χ1) is 22.8. The van der Waals surface area contributed by atoms with Gasteiger partial charge in [0.2, 0.25) is 0 Å². The van der Waals surface area contributed by atoms with Gasteiger partial charge in [0.25, 0.3) is 10.0 Å². The van der Waals surface area contributed by atoms with E-state index in [-0.39, 0.29) is 10.7 Å². The molecule has 47 heavy (non-hydrogen) atoms. The zero-order chi connectivity index (χ0) is 33.0. The van der Waals surface area contributed by atoms with E-state index in [1.54, 1.807) is 26.0 Å². The fourth-order valence-corrected chi connectivity index (χ4v) is 7.35. The third-order valence-corrected chi connectivity index (χ3v) is 10.1. The van der Waals surface area contributed by atoms with Gasteiger partial charge >= 0.3 is 0 Å². The Morgan fingerprint density at radius 1 is 0.936 bits per heavy atom. The lowest BCUT2D eigenvalue weighted by Crippen LogP contribution is -2.35. The van der Waals surface area contributed by atoms with Crippen molar-refractivity contribution in [3.63, 3.8) is 0 Å². The van der Waals surface area contributed by atoms with Gasteiger partial charge in [-0.05, 0) is 67.6 Å². The Morgan fingerprint density at radius 3 is 2.45 bits per heavy atom. The fraction of sp³-hybridized carbons (Fsp3) is 0.389. The number of aryl methyl sites for hydroxylation is 2. The van der Waals surface area contributed by atoms with Crippen LogP contribution in [-0.4, -0.2) is 60.9 Å². The molecule has 248 valence electrons. The van der Waals surface area contributed by atoms with Gasteiger partial charge in [-0.3, -0.25) is 9.62 Å². The molecule has 1 aliphatic heterocycles. The topological polar surface area (TPSA) is 112 Å². The van der Waals surface area contributed by atoms with Crippen LogP contribution in [0.3, 0.4) is 0 Å². The maximum Gasteiger partial charge on any atom is 0.263 e. The van der Waals surface area contributed by atoms with Crippen molar-refractivity contribution in [3.8, 4) is 11.1 Å². The Hall–Kier alpha value is -4.03. The lowest BCUT2D eigenvalue weighted by molar-refractivity contribution is 0.0342. The van der Waals surface area contributed by atoms with Gasteiger partial charge in [0.1, 0.15) is 11.6 Å². The van der Waals surface area contributed by atoms with Gasteiger partial charge in [-0.15, -0.1) is 0 Å². The number of hydrogen-bond donors (Lipinski definition) is 1. The number of hydrogen-bond acceptors (Lipinski definition) is 8. The summed E-state index contributed by atoms with van der Waals surface area (Å²) in [4.78, 5) is 7.66. The van der Waals surface area contributed by atoms with Gasteiger partial charge in [0.05, 0.1) is 35.7 Å². The molecule has 3 aromatic carbocycles. The van der Waals surface area contributed by atoms with E-state index in [0.717, 1.165) is 79.2 Å². The van der Waals surface area contributed by atoms with E-state index in [1.807, 2.05) is 25.1 Å². The number of aromatic nitrogens is 3. The van der Waals surface area contributed by atoms with Gasteiger partial charge in [0, 0.05) is 50.3 Å². The van der Waals surface area contributed by atoms with E-state index in [0.29, 0.717) is 36.6 Å². The van der Waals surface area contributed by atoms with Crippen LogP contribution < -0.4 is 4.72 Å². The third-order valence-electron chi connectivity index (χ3n) is 8.70. The summed E-state index contributed by atoms with van der Waals surface area (Å²) in [6.07, 6.45) is 1.87. The summed E-state index contributed by atoms with van der Waals surface area (Å²) < 4.78 is 48.9. The summed E-state index contributed by atoms with van der Waals surface area (Å²) in [7, 11) is -3.97. The van der Waals surface area contributed by atoms with E-state index in [9.17, 15) is 8.42 Å². The molecule has 3 heterocycles. The number of anilines is 1. The van der Waals surface area contributed by atoms with E-state index < -0.39 is 10.0 Å². The van der Waals surface area contributed by atoms with E-state index in [4.69, 9.17) is 19.0 Å². The van der Waals surface area contributed by atoms with Crippen molar-refractivity contribution in [1.82, 2.24) is 19.6 Å². The van der Waals surface area contributed by atoms with Gasteiger partial charge in [-0.25, -0.2) is 13.4 Å². The molecular weight excluding hydrogens is 614 g/mol. The fourth-order valence-electron chi connectivity index (χ4n) is 6.07. The second kappa shape index (κ2) is 14.4. The first-order valence-corrected chi connectivity index (χ1v) is 17.8. The molecule has 0 spiro atoms. The summed E-state index contributed by atoms with van der Waals surface area (Å²) in [6.45, 7) is 13.5. The van der Waals surface area contributed by atoms with Crippen LogP contribution in [0.4, 0.5) is 5.82 Å². The van der Waals surface area contributed by atoms with Crippen molar-refractivity contribution >= 4 is 26.9 Å². The lowest BCUT2D eigenvalue weighted by Gasteiger charge is -2.26. The van der Waals surface area contributed by atoms with Gasteiger partial charge in [-0.1, -0.05) is 54.5 Å². The summed E-state index contributed by atoms with van der Waals surface area (Å²) in [5.74, 6) is 1.81. The van der Waals surface area contributed by atoms with Gasteiger partial charge in [0.15, 0.2) is 5.82 Å². The minimum Gasteiger partial charge on any atom is -0.379 e. The quantitative estimate of drug-likeness (QED) is 0.153. The van der Waals surface area contributed by atoms with Crippen LogP contribution in [0.1, 0.15) is 54.1 Å². The van der Waals surface area contributed by atoms with Crippen LogP contribution in [0.25, 0.3) is 22.2 Å². The van der Waals surface area contributed by atoms with Crippen molar-refractivity contribution in [1.29, 1.82) is 0 Å². The summed E-state index contributed by atoms with van der Waals surface area (Å²) in [5.41, 5.74) is 7.41. The zero-order valence-electron chi connectivity index (χ0n) is 27.6. The number of ether oxygens (including phenoxy) is 2. The van der Waals surface area contributed by atoms with Crippen molar-refractivity contribution in [2.45, 2.75) is 65.1 Å². The normalized spacial score (nSPS) is 14.2. The van der Waals surface area contributed by atoms with Crippen LogP contribution in [0.2, 0.25) is 0 Å². The van der Waals surface area contributed by atoms with Crippen molar-refractivity contribution in [2.24, 2.45) is 0 Å². The monoisotopic (exact) mass is 657 g/mol. The minimum atomic E-state index is -3.97. The zero-order valence-corrected chi connectivity index (χ0v) is 28.4. The number of benzene rings is 3. The maximum absolute atomic E-state index is 13.7. The molecule has 10 nitrogen and oxygen atoms in total. The molecule has 0 aliphatic carbocycles. The van der Waals surface area contributed by atoms with Gasteiger partial charge in [-0.2, -0.15) is 0 Å². The molecule has 5 aromatic rings. The molecule has 1 aliphatic rings. The average molecular weight is 658 g/mol. The molecular formula is C36H43N5O5S. The second-order valence-electron chi connectivity index (χ2n) is 12.0. The van der Waals surface area contributed by atoms with Crippen LogP contribution >= 0.6 is 0 Å². The molecule has 1 saturated heterocycles. The highest BCUT2D eigenvalue weighted by Crippen LogP contribution is 2.33. The predicted molar refractivity (Wildman–Crippen MR) is 183 cm³/mol. The molecule has 0 atom stereocenters. The van der Waals surface area contributed by atoms with Crippen molar-refractivity contribution in [3.05, 3.63) is 94.5 Å². The number of nitrogens with zero attached hydrogens (tertiary/aromatic N) is 4. The van der Waals surface area contributed by atoms with Gasteiger partial charge < -0.3 is 18.6 Å². The first-order valence-electron chi connectivity index (χ1n) is 16.3. The van der Waals surface area contributed by atoms with E-state index in [1.165, 1.54) is 5.56 Å². The Morgan fingerprint density at radius 2 is 1.70 bits per heavy atom. The highest BCUT2D eigenvalue weighted by molar-refractivity contribution is 7.92. The average Bonchev–Trinajstić information content (AvgIpc) is 3.57. The Labute approximate surface area is 276 Å². The number of fused-ring (bicyclic) bond motifs is 1. The molecule has 11 heteroatoms. The number of rotatable bonds is 13. The molecule has 1 N–H and O–H groups in total. The number of imidazole rings is 1. The molecule has 1 fully saturated rings. The Balaban J connectivity index is 1.33. The molecule has 0 unspecified atom stereocenters. The number of nitrogens with one attached hydrogen (secondary N) is 1. The maximum atomic E-state index is 13.7. The van der Waals surface area contributed by atoms with E-state index >= 15 is 0 Å². The summed E-state index contributed by atoms with van der Waals surface area (Å²) in [5, 5.41) is 3.91. The molecule has 0 saturated carbocycles. The minimum absolute atomic E-state index is 0.157. The Bertz CT molecular complexity index is 1960.